The normalized spacial score (nSPS) is 12.7. The van der Waals surface area contributed by atoms with Crippen LogP contribution in [0.15, 0.2) is 29.2 Å². The number of nitrogens with one attached hydrogen (secondary N) is 1. The molecule has 6 nitrogen and oxygen atoms in total. The molecule has 2 N–H and O–H groups in total. The SMILES string of the molecule is CC[C@@H](NS(=O)(=O)c1ccccc1C#N)C(=O)O. The highest BCUT2D eigenvalue weighted by molar-refractivity contribution is 7.89. The van der Waals surface area contributed by atoms with Gasteiger partial charge in [0.15, 0.2) is 0 Å². The highest BCUT2D eigenvalue weighted by atomic mass is 32.2. The van der Waals surface area contributed by atoms with Crippen molar-refractivity contribution in [3.8, 4) is 6.07 Å². The maximum Gasteiger partial charge on any atom is 0.321 e. The Morgan fingerprint density at radius 3 is 2.61 bits per heavy atom. The van der Waals surface area contributed by atoms with Crippen LogP contribution in [-0.4, -0.2) is 25.5 Å². The van der Waals surface area contributed by atoms with Gasteiger partial charge in [0.25, 0.3) is 0 Å². The number of nitrogens with zero attached hydrogens (tertiary/aromatic N) is 1. The molecule has 1 aromatic rings. The van der Waals surface area contributed by atoms with Gasteiger partial charge in [-0.25, -0.2) is 8.42 Å². The zero-order chi connectivity index (χ0) is 13.8. The summed E-state index contributed by atoms with van der Waals surface area (Å²) in [6.45, 7) is 1.55. The minimum atomic E-state index is -4.01. The third-order valence-corrected chi connectivity index (χ3v) is 3.83. The molecule has 0 heterocycles. The van der Waals surface area contributed by atoms with Gasteiger partial charge in [0.1, 0.15) is 12.1 Å². The Bertz CT molecular complexity index is 589. The molecule has 96 valence electrons. The fraction of sp³-hybridized carbons (Fsp3) is 0.273. The standard InChI is InChI=1S/C11H12N2O4S/c1-2-9(11(14)15)13-18(16,17)10-6-4-3-5-8(10)7-12/h3-6,9,13H,2H2,1H3,(H,14,15)/t9-/m1/s1. The molecule has 0 saturated carbocycles. The van der Waals surface area contributed by atoms with Crippen LogP contribution in [0.25, 0.3) is 0 Å². The number of hydrogen-bond acceptors (Lipinski definition) is 4. The first-order chi connectivity index (χ1) is 8.42. The Kier molecular flexibility index (Phi) is 4.42. The van der Waals surface area contributed by atoms with Crippen LogP contribution in [0.1, 0.15) is 18.9 Å². The second-order valence-electron chi connectivity index (χ2n) is 3.53. The molecule has 0 bridgehead atoms. The molecule has 0 aliphatic carbocycles. The van der Waals surface area contributed by atoms with E-state index in [4.69, 9.17) is 10.4 Å². The van der Waals surface area contributed by atoms with Gasteiger partial charge in [-0.1, -0.05) is 19.1 Å². The minimum absolute atomic E-state index is 0.0229. The Labute approximate surface area is 105 Å². The minimum Gasteiger partial charge on any atom is -0.480 e. The lowest BCUT2D eigenvalue weighted by Gasteiger charge is -2.13. The van der Waals surface area contributed by atoms with Crippen LogP contribution in [0.4, 0.5) is 0 Å². The predicted molar refractivity (Wildman–Crippen MR) is 63.2 cm³/mol. The molecular formula is C11H12N2O4S. The van der Waals surface area contributed by atoms with Gasteiger partial charge in [-0.05, 0) is 18.6 Å². The summed E-state index contributed by atoms with van der Waals surface area (Å²) in [6, 6.07) is 6.17. The van der Waals surface area contributed by atoms with Crippen molar-refractivity contribution in [2.75, 3.05) is 0 Å². The van der Waals surface area contributed by atoms with E-state index in [1.807, 2.05) is 0 Å². The van der Waals surface area contributed by atoms with Crippen LogP contribution < -0.4 is 4.72 Å². The molecule has 0 unspecified atom stereocenters. The van der Waals surface area contributed by atoms with Crippen LogP contribution in [-0.2, 0) is 14.8 Å². The Hall–Kier alpha value is -1.91. The summed E-state index contributed by atoms with van der Waals surface area (Å²) in [5, 5.41) is 17.6. The fourth-order valence-corrected chi connectivity index (χ4v) is 2.78. The lowest BCUT2D eigenvalue weighted by atomic mass is 10.2. The van der Waals surface area contributed by atoms with E-state index in [1.54, 1.807) is 13.0 Å². The van der Waals surface area contributed by atoms with Crippen LogP contribution in [0.3, 0.4) is 0 Å². The van der Waals surface area contributed by atoms with E-state index in [1.165, 1.54) is 24.3 Å². The number of nitriles is 1. The average molecular weight is 268 g/mol. The van der Waals surface area contributed by atoms with E-state index >= 15 is 0 Å². The molecule has 0 aliphatic heterocycles. The van der Waals surface area contributed by atoms with Crippen molar-refractivity contribution in [1.82, 2.24) is 4.72 Å². The van der Waals surface area contributed by atoms with E-state index in [0.29, 0.717) is 0 Å². The Balaban J connectivity index is 3.15. The molecule has 1 aromatic carbocycles. The first kappa shape index (κ1) is 14.2. The van der Waals surface area contributed by atoms with Gasteiger partial charge >= 0.3 is 5.97 Å². The number of carboxylic acids is 1. The number of carboxylic acid groups (broad SMARTS) is 1. The molecule has 0 amide bonds. The van der Waals surface area contributed by atoms with Crippen molar-refractivity contribution in [3.05, 3.63) is 29.8 Å². The zero-order valence-electron chi connectivity index (χ0n) is 9.62. The van der Waals surface area contributed by atoms with Crippen LogP contribution in [0, 0.1) is 11.3 Å². The van der Waals surface area contributed by atoms with E-state index in [-0.39, 0.29) is 16.9 Å². The van der Waals surface area contributed by atoms with Crippen molar-refractivity contribution in [2.45, 2.75) is 24.3 Å². The highest BCUT2D eigenvalue weighted by Gasteiger charge is 2.25. The molecule has 7 heteroatoms. The number of rotatable bonds is 5. The quantitative estimate of drug-likeness (QED) is 0.817. The van der Waals surface area contributed by atoms with Crippen molar-refractivity contribution >= 4 is 16.0 Å². The molecule has 1 atom stereocenters. The van der Waals surface area contributed by atoms with Gasteiger partial charge in [0.2, 0.25) is 10.0 Å². The summed E-state index contributed by atoms with van der Waals surface area (Å²) in [7, 11) is -4.01. The lowest BCUT2D eigenvalue weighted by Crippen LogP contribution is -2.40. The summed E-state index contributed by atoms with van der Waals surface area (Å²) >= 11 is 0. The van der Waals surface area contributed by atoms with Gasteiger partial charge in [-0.15, -0.1) is 0 Å². The second-order valence-corrected chi connectivity index (χ2v) is 5.21. The molecule has 0 spiro atoms. The topological polar surface area (TPSA) is 107 Å². The van der Waals surface area contributed by atoms with E-state index < -0.39 is 22.0 Å². The molecule has 1 rings (SSSR count). The number of sulfonamides is 1. The summed E-state index contributed by atoms with van der Waals surface area (Å²) in [6.07, 6.45) is 0.114. The summed E-state index contributed by atoms with van der Waals surface area (Å²) in [5.41, 5.74) is -0.0229. The second kappa shape index (κ2) is 5.62. The van der Waals surface area contributed by atoms with E-state index in [0.717, 1.165) is 0 Å². The Morgan fingerprint density at radius 1 is 1.50 bits per heavy atom. The first-order valence-electron chi connectivity index (χ1n) is 5.16. The maximum absolute atomic E-state index is 12.0. The number of aliphatic carboxylic acids is 1. The van der Waals surface area contributed by atoms with Gasteiger partial charge in [0, 0.05) is 0 Å². The molecule has 0 saturated heterocycles. The molecular weight excluding hydrogens is 256 g/mol. The van der Waals surface area contributed by atoms with E-state index in [9.17, 15) is 13.2 Å². The van der Waals surface area contributed by atoms with Gasteiger partial charge in [0.05, 0.1) is 10.5 Å². The predicted octanol–water partition coefficient (Wildman–Crippen LogP) is 0.700. The highest BCUT2D eigenvalue weighted by Crippen LogP contribution is 2.15. The molecule has 0 radical (unpaired) electrons. The number of carbonyl (C=O) groups is 1. The monoisotopic (exact) mass is 268 g/mol. The fourth-order valence-electron chi connectivity index (χ4n) is 1.35. The molecule has 0 fully saturated rings. The lowest BCUT2D eigenvalue weighted by molar-refractivity contribution is -0.139. The van der Waals surface area contributed by atoms with Crippen LogP contribution in [0.5, 0.6) is 0 Å². The van der Waals surface area contributed by atoms with E-state index in [2.05, 4.69) is 4.72 Å². The molecule has 0 aromatic heterocycles. The van der Waals surface area contributed by atoms with Crippen LogP contribution in [0.2, 0.25) is 0 Å². The van der Waals surface area contributed by atoms with Crippen molar-refractivity contribution in [1.29, 1.82) is 5.26 Å². The molecule has 18 heavy (non-hydrogen) atoms. The third kappa shape index (κ3) is 3.06. The van der Waals surface area contributed by atoms with Gasteiger partial charge < -0.3 is 5.11 Å². The van der Waals surface area contributed by atoms with Crippen molar-refractivity contribution in [2.24, 2.45) is 0 Å². The largest absolute Gasteiger partial charge is 0.480 e. The van der Waals surface area contributed by atoms with Gasteiger partial charge in [-0.3, -0.25) is 4.79 Å². The van der Waals surface area contributed by atoms with Crippen molar-refractivity contribution in [3.63, 3.8) is 0 Å². The smallest absolute Gasteiger partial charge is 0.321 e. The third-order valence-electron chi connectivity index (χ3n) is 2.30. The summed E-state index contributed by atoms with van der Waals surface area (Å²) in [5.74, 6) is -1.25. The summed E-state index contributed by atoms with van der Waals surface area (Å²) < 4.78 is 26.0. The number of hydrogen-bond donors (Lipinski definition) is 2. The zero-order valence-corrected chi connectivity index (χ0v) is 10.4. The number of benzene rings is 1. The summed E-state index contributed by atoms with van der Waals surface area (Å²) in [4.78, 5) is 10.6. The molecule has 0 aliphatic rings. The van der Waals surface area contributed by atoms with Gasteiger partial charge in [-0.2, -0.15) is 9.98 Å². The first-order valence-corrected chi connectivity index (χ1v) is 6.65. The maximum atomic E-state index is 12.0. The van der Waals surface area contributed by atoms with Crippen LogP contribution >= 0.6 is 0 Å². The Morgan fingerprint density at radius 2 is 2.11 bits per heavy atom. The average Bonchev–Trinajstić information content (AvgIpc) is 2.35. The van der Waals surface area contributed by atoms with Crippen molar-refractivity contribution < 1.29 is 18.3 Å².